The van der Waals surface area contributed by atoms with Gasteiger partial charge in [0.2, 0.25) is 0 Å². The number of nitrogens with zero attached hydrogens (tertiary/aromatic N) is 1. The molecule has 4 heteroatoms. The van der Waals surface area contributed by atoms with Crippen molar-refractivity contribution in [2.45, 2.75) is 32.4 Å². The number of rotatable bonds is 2. The van der Waals surface area contributed by atoms with Gasteiger partial charge in [-0.15, -0.1) is 0 Å². The van der Waals surface area contributed by atoms with Gasteiger partial charge in [-0.3, -0.25) is 9.36 Å². The summed E-state index contributed by atoms with van der Waals surface area (Å²) in [5, 5.41) is 0. The molecule has 3 nitrogen and oxygen atoms in total. The lowest BCUT2D eigenvalue weighted by Gasteiger charge is -2.12. The molecule has 0 unspecified atom stereocenters. The zero-order valence-corrected chi connectivity index (χ0v) is 8.52. The van der Waals surface area contributed by atoms with Crippen molar-refractivity contribution in [3.63, 3.8) is 0 Å². The monoisotopic (exact) mass is 199 g/mol. The molecular formula is C9H13NO2S. The van der Waals surface area contributed by atoms with Crippen molar-refractivity contribution in [1.29, 1.82) is 0 Å². The first-order chi connectivity index (χ1) is 6.33. The topological polar surface area (TPSA) is 31.2 Å². The van der Waals surface area contributed by atoms with E-state index >= 15 is 0 Å². The van der Waals surface area contributed by atoms with E-state index in [0.29, 0.717) is 6.73 Å². The molecule has 1 aliphatic carbocycles. The van der Waals surface area contributed by atoms with Gasteiger partial charge in [0.25, 0.3) is 0 Å². The fourth-order valence-electron chi connectivity index (χ4n) is 1.79. The summed E-state index contributed by atoms with van der Waals surface area (Å²) in [6.45, 7) is 0.407. The van der Waals surface area contributed by atoms with Crippen molar-refractivity contribution in [2.75, 3.05) is 7.11 Å². The van der Waals surface area contributed by atoms with Gasteiger partial charge in [0.1, 0.15) is 6.73 Å². The molecule has 0 N–H and O–H groups in total. The molecule has 0 saturated carbocycles. The van der Waals surface area contributed by atoms with E-state index in [2.05, 4.69) is 0 Å². The predicted octanol–water partition coefficient (Wildman–Crippen LogP) is 1.39. The van der Waals surface area contributed by atoms with Crippen molar-refractivity contribution < 1.29 is 4.74 Å². The van der Waals surface area contributed by atoms with Crippen LogP contribution in [-0.4, -0.2) is 11.7 Å². The van der Waals surface area contributed by atoms with Crippen molar-refractivity contribution >= 4 is 11.3 Å². The van der Waals surface area contributed by atoms with Crippen LogP contribution in [0.2, 0.25) is 0 Å². The second-order valence-electron chi connectivity index (χ2n) is 3.29. The quantitative estimate of drug-likeness (QED) is 0.720. The van der Waals surface area contributed by atoms with Gasteiger partial charge in [0, 0.05) is 17.7 Å². The highest BCUT2D eigenvalue weighted by molar-refractivity contribution is 7.09. The largest absolute Gasteiger partial charge is 0.364 e. The smallest absolute Gasteiger partial charge is 0.309 e. The molecule has 0 saturated heterocycles. The first-order valence-corrected chi connectivity index (χ1v) is 5.35. The normalized spacial score (nSPS) is 15.8. The molecule has 0 fully saturated rings. The molecule has 0 aliphatic heterocycles. The molecule has 2 rings (SSSR count). The van der Waals surface area contributed by atoms with E-state index in [-0.39, 0.29) is 4.87 Å². The maximum absolute atomic E-state index is 11.5. The van der Waals surface area contributed by atoms with Crippen molar-refractivity contribution in [1.82, 2.24) is 4.57 Å². The van der Waals surface area contributed by atoms with Gasteiger partial charge in [-0.25, -0.2) is 0 Å². The minimum Gasteiger partial charge on any atom is -0.364 e. The number of thiazole rings is 1. The van der Waals surface area contributed by atoms with Crippen LogP contribution in [0.5, 0.6) is 0 Å². The van der Waals surface area contributed by atoms with Gasteiger partial charge in [-0.1, -0.05) is 11.3 Å². The molecule has 13 heavy (non-hydrogen) atoms. The van der Waals surface area contributed by atoms with Crippen LogP contribution in [0.1, 0.15) is 23.4 Å². The summed E-state index contributed by atoms with van der Waals surface area (Å²) in [7, 11) is 1.62. The first-order valence-electron chi connectivity index (χ1n) is 4.53. The zero-order valence-electron chi connectivity index (χ0n) is 7.71. The highest BCUT2D eigenvalue weighted by Crippen LogP contribution is 2.23. The Kier molecular flexibility index (Phi) is 2.51. The summed E-state index contributed by atoms with van der Waals surface area (Å²) in [5.41, 5.74) is 1.21. The molecular weight excluding hydrogens is 186 g/mol. The molecule has 1 heterocycles. The fraction of sp³-hybridized carbons (Fsp3) is 0.667. The third-order valence-corrected chi connectivity index (χ3v) is 3.49. The van der Waals surface area contributed by atoms with E-state index in [1.165, 1.54) is 34.7 Å². The van der Waals surface area contributed by atoms with E-state index in [1.54, 1.807) is 11.7 Å². The van der Waals surface area contributed by atoms with E-state index in [0.717, 1.165) is 12.8 Å². The van der Waals surface area contributed by atoms with E-state index in [9.17, 15) is 4.79 Å². The molecule has 0 radical (unpaired) electrons. The van der Waals surface area contributed by atoms with Crippen molar-refractivity contribution in [3.05, 3.63) is 20.2 Å². The Hall–Kier alpha value is -0.610. The molecule has 1 aliphatic rings. The molecule has 0 atom stereocenters. The van der Waals surface area contributed by atoms with Crippen molar-refractivity contribution in [2.24, 2.45) is 0 Å². The van der Waals surface area contributed by atoms with Crippen LogP contribution >= 0.6 is 11.3 Å². The molecule has 0 bridgehead atoms. The average Bonchev–Trinajstić information content (AvgIpc) is 2.44. The second-order valence-corrected chi connectivity index (χ2v) is 4.34. The van der Waals surface area contributed by atoms with Gasteiger partial charge >= 0.3 is 4.87 Å². The summed E-state index contributed by atoms with van der Waals surface area (Å²) in [4.78, 5) is 12.9. The summed E-state index contributed by atoms with van der Waals surface area (Å²) in [5.74, 6) is 0. The van der Waals surface area contributed by atoms with E-state index in [1.807, 2.05) is 0 Å². The number of methoxy groups -OCH3 is 1. The minimum atomic E-state index is 0.133. The Morgan fingerprint density at radius 1 is 1.46 bits per heavy atom. The van der Waals surface area contributed by atoms with Crippen LogP contribution in [0.4, 0.5) is 0 Å². The van der Waals surface area contributed by atoms with Crippen LogP contribution in [0.25, 0.3) is 0 Å². The van der Waals surface area contributed by atoms with Gasteiger partial charge in [-0.05, 0) is 25.7 Å². The van der Waals surface area contributed by atoms with Gasteiger partial charge in [0.15, 0.2) is 0 Å². The highest BCUT2D eigenvalue weighted by Gasteiger charge is 2.17. The third-order valence-electron chi connectivity index (χ3n) is 2.40. The number of aryl methyl sites for hydroxylation is 1. The fourth-order valence-corrected chi connectivity index (χ4v) is 2.85. The number of hydrogen-bond acceptors (Lipinski definition) is 3. The summed E-state index contributed by atoms with van der Waals surface area (Å²) < 4.78 is 6.77. The number of hydrogen-bond donors (Lipinski definition) is 0. The zero-order chi connectivity index (χ0) is 9.26. The second kappa shape index (κ2) is 3.64. The van der Waals surface area contributed by atoms with Crippen LogP contribution < -0.4 is 4.87 Å². The lowest BCUT2D eigenvalue weighted by molar-refractivity contribution is 0.126. The van der Waals surface area contributed by atoms with Crippen LogP contribution in [0.15, 0.2) is 4.79 Å². The highest BCUT2D eigenvalue weighted by atomic mass is 32.1. The Morgan fingerprint density at radius 3 is 3.00 bits per heavy atom. The lowest BCUT2D eigenvalue weighted by Crippen LogP contribution is -2.18. The molecule has 0 spiro atoms. The van der Waals surface area contributed by atoms with E-state index in [4.69, 9.17) is 4.74 Å². The van der Waals surface area contributed by atoms with Gasteiger partial charge in [-0.2, -0.15) is 0 Å². The number of aromatic nitrogens is 1. The maximum Gasteiger partial charge on any atom is 0.309 e. The summed E-state index contributed by atoms with van der Waals surface area (Å²) in [6.07, 6.45) is 4.54. The lowest BCUT2D eigenvalue weighted by atomic mass is 10.0. The first kappa shape index (κ1) is 8.97. The molecule has 1 aromatic heterocycles. The molecule has 0 amide bonds. The summed E-state index contributed by atoms with van der Waals surface area (Å²) >= 11 is 1.38. The molecule has 1 aromatic rings. The third kappa shape index (κ3) is 1.56. The maximum atomic E-state index is 11.5. The van der Waals surface area contributed by atoms with Crippen LogP contribution in [0, 0.1) is 0 Å². The Labute approximate surface area is 81.0 Å². The Balaban J connectivity index is 2.42. The van der Waals surface area contributed by atoms with E-state index < -0.39 is 0 Å². The number of fused-ring (bicyclic) bond motifs is 1. The predicted molar refractivity (Wildman–Crippen MR) is 52.2 cm³/mol. The number of ether oxygens (including phenoxy) is 1. The van der Waals surface area contributed by atoms with Gasteiger partial charge < -0.3 is 4.74 Å². The average molecular weight is 199 g/mol. The molecule has 0 aromatic carbocycles. The van der Waals surface area contributed by atoms with Crippen LogP contribution in [0.3, 0.4) is 0 Å². The Morgan fingerprint density at radius 2 is 2.23 bits per heavy atom. The standard InChI is InChI=1S/C9H13NO2S/c1-12-6-10-7-4-2-3-5-8(7)13-9(10)11/h2-6H2,1H3. The van der Waals surface area contributed by atoms with Crippen molar-refractivity contribution in [3.8, 4) is 0 Å². The SMILES string of the molecule is COCn1c2c(sc1=O)CCCC2. The molecule has 72 valence electrons. The Bertz CT molecular complexity index is 353. The summed E-state index contributed by atoms with van der Waals surface area (Å²) in [6, 6.07) is 0. The van der Waals surface area contributed by atoms with Gasteiger partial charge in [0.05, 0.1) is 0 Å². The van der Waals surface area contributed by atoms with Crippen LogP contribution in [-0.2, 0) is 24.3 Å². The minimum absolute atomic E-state index is 0.133.